The summed E-state index contributed by atoms with van der Waals surface area (Å²) in [6.07, 6.45) is 5.05. The molecule has 0 saturated carbocycles. The van der Waals surface area contributed by atoms with Gasteiger partial charge in [0.2, 0.25) is 11.8 Å². The number of rotatable bonds is 4. The molecule has 0 spiro atoms. The van der Waals surface area contributed by atoms with Crippen molar-refractivity contribution in [2.24, 2.45) is 0 Å². The minimum Gasteiger partial charge on any atom is -0.340 e. The monoisotopic (exact) mass is 370 g/mol. The van der Waals surface area contributed by atoms with Gasteiger partial charge in [-0.25, -0.2) is 4.68 Å². The van der Waals surface area contributed by atoms with Gasteiger partial charge in [-0.1, -0.05) is 19.0 Å². The molecule has 1 unspecified atom stereocenters. The minimum atomic E-state index is -0.275. The maximum absolute atomic E-state index is 12.7. The average Bonchev–Trinajstić information content (AvgIpc) is 3.34. The molecule has 0 radical (unpaired) electrons. The van der Waals surface area contributed by atoms with Gasteiger partial charge in [0.15, 0.2) is 5.82 Å². The number of aromatic nitrogens is 5. The van der Waals surface area contributed by atoms with Crippen LogP contribution in [0.5, 0.6) is 0 Å². The summed E-state index contributed by atoms with van der Waals surface area (Å²) in [5.41, 5.74) is 0.226. The van der Waals surface area contributed by atoms with E-state index in [1.165, 1.54) is 11.0 Å². The van der Waals surface area contributed by atoms with Crippen LogP contribution in [-0.2, 0) is 11.3 Å². The van der Waals surface area contributed by atoms with Crippen molar-refractivity contribution in [3.8, 4) is 0 Å². The summed E-state index contributed by atoms with van der Waals surface area (Å²) in [7, 11) is 0. The number of amides is 1. The summed E-state index contributed by atoms with van der Waals surface area (Å²) in [5, 5.41) is 8.11. The Balaban J connectivity index is 1.47. The van der Waals surface area contributed by atoms with Crippen LogP contribution in [0.15, 0.2) is 34.0 Å². The average molecular weight is 370 g/mol. The van der Waals surface area contributed by atoms with Crippen molar-refractivity contribution in [3.05, 3.63) is 46.7 Å². The summed E-state index contributed by atoms with van der Waals surface area (Å²) in [6.45, 7) is 5.12. The van der Waals surface area contributed by atoms with Crippen LogP contribution in [0.1, 0.15) is 50.2 Å². The van der Waals surface area contributed by atoms with Gasteiger partial charge in [-0.3, -0.25) is 9.59 Å². The van der Waals surface area contributed by atoms with E-state index in [1.54, 1.807) is 27.6 Å². The lowest BCUT2D eigenvalue weighted by Gasteiger charge is -2.31. The van der Waals surface area contributed by atoms with Gasteiger partial charge in [-0.05, 0) is 25.0 Å². The zero-order valence-corrected chi connectivity index (χ0v) is 15.4. The molecule has 0 aromatic carbocycles. The summed E-state index contributed by atoms with van der Waals surface area (Å²) < 4.78 is 8.25. The van der Waals surface area contributed by atoms with Gasteiger partial charge in [-0.2, -0.15) is 10.1 Å². The smallest absolute Gasteiger partial charge is 0.291 e. The molecule has 4 rings (SSSR count). The first-order chi connectivity index (χ1) is 13.0. The van der Waals surface area contributed by atoms with E-state index >= 15 is 0 Å². The Morgan fingerprint density at radius 2 is 2.26 bits per heavy atom. The molecule has 27 heavy (non-hydrogen) atoms. The van der Waals surface area contributed by atoms with Gasteiger partial charge in [0.25, 0.3) is 5.56 Å². The molecule has 0 N–H and O–H groups in total. The van der Waals surface area contributed by atoms with E-state index in [1.807, 2.05) is 13.8 Å². The quantitative estimate of drug-likeness (QED) is 0.689. The van der Waals surface area contributed by atoms with Crippen molar-refractivity contribution in [1.82, 2.24) is 29.2 Å². The number of carbonyl (C=O) groups excluding carboxylic acids is 1. The Kier molecular flexibility index (Phi) is 4.51. The van der Waals surface area contributed by atoms with Crippen LogP contribution < -0.4 is 5.56 Å². The molecular weight excluding hydrogens is 348 g/mol. The highest BCUT2D eigenvalue weighted by Gasteiger charge is 2.29. The molecule has 0 bridgehead atoms. The van der Waals surface area contributed by atoms with E-state index in [9.17, 15) is 9.59 Å². The number of carbonyl (C=O) groups is 1. The number of hydrogen-bond donors (Lipinski definition) is 0. The lowest BCUT2D eigenvalue weighted by molar-refractivity contribution is -0.133. The predicted octanol–water partition coefficient (Wildman–Crippen LogP) is 1.41. The van der Waals surface area contributed by atoms with Gasteiger partial charge >= 0.3 is 0 Å². The molecule has 0 aliphatic carbocycles. The normalized spacial score (nSPS) is 17.7. The molecule has 142 valence electrons. The largest absolute Gasteiger partial charge is 0.340 e. The third kappa shape index (κ3) is 3.36. The molecule has 1 aliphatic heterocycles. The van der Waals surface area contributed by atoms with Gasteiger partial charge < -0.3 is 13.8 Å². The van der Waals surface area contributed by atoms with Crippen molar-refractivity contribution in [3.63, 3.8) is 0 Å². The van der Waals surface area contributed by atoms with Crippen LogP contribution in [0.2, 0.25) is 0 Å². The Hall–Kier alpha value is -2.97. The fourth-order valence-electron chi connectivity index (χ4n) is 3.37. The van der Waals surface area contributed by atoms with Crippen LogP contribution in [0, 0.1) is 0 Å². The van der Waals surface area contributed by atoms with Crippen molar-refractivity contribution >= 4 is 11.4 Å². The van der Waals surface area contributed by atoms with Crippen LogP contribution in [0.4, 0.5) is 0 Å². The topological polar surface area (TPSA) is 98.5 Å². The maximum atomic E-state index is 12.7. The lowest BCUT2D eigenvalue weighted by atomic mass is 9.98. The van der Waals surface area contributed by atoms with E-state index in [2.05, 4.69) is 15.2 Å². The molecule has 4 heterocycles. The van der Waals surface area contributed by atoms with Crippen LogP contribution in [0.25, 0.3) is 5.52 Å². The Bertz CT molecular complexity index is 1020. The fraction of sp³-hybridized carbons (Fsp3) is 0.500. The van der Waals surface area contributed by atoms with E-state index < -0.39 is 0 Å². The molecule has 3 aromatic rings. The summed E-state index contributed by atoms with van der Waals surface area (Å²) >= 11 is 0. The zero-order valence-electron chi connectivity index (χ0n) is 15.4. The van der Waals surface area contributed by atoms with Gasteiger partial charge in [0.05, 0.1) is 5.92 Å². The second kappa shape index (κ2) is 6.98. The van der Waals surface area contributed by atoms with E-state index in [-0.39, 0.29) is 29.8 Å². The first-order valence-corrected chi connectivity index (χ1v) is 9.17. The Labute approximate surface area is 155 Å². The third-order valence-electron chi connectivity index (χ3n) is 4.93. The van der Waals surface area contributed by atoms with Gasteiger partial charge in [0, 0.05) is 25.2 Å². The summed E-state index contributed by atoms with van der Waals surface area (Å²) in [4.78, 5) is 31.4. The summed E-state index contributed by atoms with van der Waals surface area (Å²) in [5.74, 6) is 1.37. The maximum Gasteiger partial charge on any atom is 0.291 e. The second-order valence-corrected chi connectivity index (χ2v) is 7.22. The molecule has 1 atom stereocenters. The number of hydrogen-bond acceptors (Lipinski definition) is 6. The first kappa shape index (κ1) is 17.4. The lowest BCUT2D eigenvalue weighted by Crippen LogP contribution is -2.42. The van der Waals surface area contributed by atoms with Crippen LogP contribution in [-0.4, -0.2) is 48.2 Å². The molecular formula is C18H22N6O3. The van der Waals surface area contributed by atoms with Crippen LogP contribution >= 0.6 is 0 Å². The molecule has 9 nitrogen and oxygen atoms in total. The molecule has 1 aliphatic rings. The number of nitrogens with zero attached hydrogens (tertiary/aromatic N) is 6. The molecule has 9 heteroatoms. The fourth-order valence-corrected chi connectivity index (χ4v) is 3.37. The number of fused-ring (bicyclic) bond motifs is 1. The minimum absolute atomic E-state index is 0.0282. The standard InChI is InChI=1S/C18H22N6O3/c1-12(2)16-20-17(27-21-16)13-5-3-7-22(9-13)15(25)10-24-18(26)14-6-4-8-23(14)11-19-24/h4,6,8,11-13H,3,5,7,9-10H2,1-2H3. The van der Waals surface area contributed by atoms with E-state index in [0.29, 0.717) is 30.3 Å². The van der Waals surface area contributed by atoms with Gasteiger partial charge in [-0.15, -0.1) is 0 Å². The van der Waals surface area contributed by atoms with Crippen molar-refractivity contribution in [1.29, 1.82) is 0 Å². The van der Waals surface area contributed by atoms with Gasteiger partial charge in [0.1, 0.15) is 18.4 Å². The third-order valence-corrected chi connectivity index (χ3v) is 4.93. The SMILES string of the molecule is CC(C)c1noc(C2CCCN(C(=O)Cn3ncn4cccc4c3=O)C2)n1. The van der Waals surface area contributed by atoms with E-state index in [4.69, 9.17) is 4.52 Å². The molecule has 1 amide bonds. The predicted molar refractivity (Wildman–Crippen MR) is 96.4 cm³/mol. The van der Waals surface area contributed by atoms with Crippen LogP contribution in [0.3, 0.4) is 0 Å². The van der Waals surface area contributed by atoms with Crippen molar-refractivity contribution < 1.29 is 9.32 Å². The Morgan fingerprint density at radius 1 is 1.41 bits per heavy atom. The summed E-state index contributed by atoms with van der Waals surface area (Å²) in [6, 6.07) is 3.49. The number of piperidine rings is 1. The molecule has 3 aromatic heterocycles. The zero-order chi connectivity index (χ0) is 19.0. The highest BCUT2D eigenvalue weighted by Crippen LogP contribution is 2.26. The second-order valence-electron chi connectivity index (χ2n) is 7.22. The molecule has 1 saturated heterocycles. The first-order valence-electron chi connectivity index (χ1n) is 9.17. The highest BCUT2D eigenvalue weighted by atomic mass is 16.5. The highest BCUT2D eigenvalue weighted by molar-refractivity contribution is 5.76. The Morgan fingerprint density at radius 3 is 3.04 bits per heavy atom. The number of likely N-dealkylation sites (tertiary alicyclic amines) is 1. The van der Waals surface area contributed by atoms with E-state index in [0.717, 1.165) is 12.8 Å². The molecule has 1 fully saturated rings. The van der Waals surface area contributed by atoms with Crippen molar-refractivity contribution in [2.45, 2.75) is 45.1 Å². The van der Waals surface area contributed by atoms with Crippen molar-refractivity contribution in [2.75, 3.05) is 13.1 Å².